The van der Waals surface area contributed by atoms with Gasteiger partial charge in [-0.05, 0) is 49.5 Å². The largest absolute Gasteiger partial charge is 0.342 e. The fourth-order valence-electron chi connectivity index (χ4n) is 4.12. The zero-order valence-corrected chi connectivity index (χ0v) is 16.6. The number of hydrogen-bond acceptors (Lipinski definition) is 4. The van der Waals surface area contributed by atoms with Crippen LogP contribution < -0.4 is 0 Å². The highest BCUT2D eigenvalue weighted by Gasteiger charge is 2.42. The number of rotatable bonds is 5. The number of aromatic nitrogens is 1. The summed E-state index contributed by atoms with van der Waals surface area (Å²) in [5, 5.41) is 0.0441. The van der Waals surface area contributed by atoms with Gasteiger partial charge in [-0.2, -0.15) is 0 Å². The maximum atomic E-state index is 12.5. The highest BCUT2D eigenvalue weighted by molar-refractivity contribution is 8.00. The summed E-state index contributed by atoms with van der Waals surface area (Å²) in [5.41, 5.74) is 1.11. The molecule has 0 radical (unpaired) electrons. The highest BCUT2D eigenvalue weighted by atomic mass is 32.2. The molecule has 0 saturated carbocycles. The predicted molar refractivity (Wildman–Crippen MR) is 105 cm³/mol. The van der Waals surface area contributed by atoms with E-state index < -0.39 is 0 Å². The second kappa shape index (κ2) is 8.42. The minimum atomic E-state index is 0.0441. The molecule has 0 unspecified atom stereocenters. The average Bonchev–Trinajstić information content (AvgIpc) is 2.66. The van der Waals surface area contributed by atoms with Crippen molar-refractivity contribution < 1.29 is 9.59 Å². The molecule has 0 aliphatic carbocycles. The summed E-state index contributed by atoms with van der Waals surface area (Å²) in [6.45, 7) is 7.12. The molecule has 0 bridgehead atoms. The van der Waals surface area contributed by atoms with Crippen LogP contribution >= 0.6 is 11.8 Å². The minimum absolute atomic E-state index is 0.0441. The van der Waals surface area contributed by atoms with Gasteiger partial charge in [-0.1, -0.05) is 13.0 Å². The SMILES string of the molecule is CCS[C@@H](C)C(=O)N1CCC2(CCC(=O)N(Cc3ccccn3)C2)CC1. The first-order chi connectivity index (χ1) is 12.5. The Balaban J connectivity index is 1.59. The van der Waals surface area contributed by atoms with E-state index in [1.165, 1.54) is 0 Å². The van der Waals surface area contributed by atoms with Crippen LogP contribution in [-0.2, 0) is 16.1 Å². The van der Waals surface area contributed by atoms with Crippen molar-refractivity contribution in [1.29, 1.82) is 0 Å². The summed E-state index contributed by atoms with van der Waals surface area (Å²) >= 11 is 1.71. The molecular formula is C20H29N3O2S. The van der Waals surface area contributed by atoms with Gasteiger partial charge >= 0.3 is 0 Å². The molecule has 142 valence electrons. The van der Waals surface area contributed by atoms with Gasteiger partial charge in [-0.15, -0.1) is 11.8 Å². The summed E-state index contributed by atoms with van der Waals surface area (Å²) < 4.78 is 0. The molecule has 2 saturated heterocycles. The summed E-state index contributed by atoms with van der Waals surface area (Å²) in [4.78, 5) is 33.3. The minimum Gasteiger partial charge on any atom is -0.342 e. The van der Waals surface area contributed by atoms with Crippen LogP contribution in [0.4, 0.5) is 0 Å². The zero-order valence-electron chi connectivity index (χ0n) is 15.8. The fourth-order valence-corrected chi connectivity index (χ4v) is 4.91. The zero-order chi connectivity index (χ0) is 18.6. The van der Waals surface area contributed by atoms with E-state index >= 15 is 0 Å². The number of hydrogen-bond donors (Lipinski definition) is 0. The molecule has 1 aromatic heterocycles. The maximum absolute atomic E-state index is 12.5. The molecule has 2 fully saturated rings. The standard InChI is InChI=1S/C20H29N3O2S/c1-3-26-16(2)19(25)22-12-9-20(10-13-22)8-7-18(24)23(15-20)14-17-6-4-5-11-21-17/h4-6,11,16H,3,7-10,12-15H2,1-2H3/t16-/m0/s1. The van der Waals surface area contributed by atoms with Gasteiger partial charge in [0.05, 0.1) is 17.5 Å². The lowest BCUT2D eigenvalue weighted by Crippen LogP contribution is -2.53. The molecule has 2 amide bonds. The second-order valence-corrected chi connectivity index (χ2v) is 9.11. The van der Waals surface area contributed by atoms with Gasteiger partial charge < -0.3 is 9.80 Å². The van der Waals surface area contributed by atoms with Gasteiger partial charge in [0.2, 0.25) is 11.8 Å². The summed E-state index contributed by atoms with van der Waals surface area (Å²) in [5.74, 6) is 1.46. The molecule has 3 rings (SSSR count). The monoisotopic (exact) mass is 375 g/mol. The third-order valence-corrected chi connectivity index (χ3v) is 6.76. The van der Waals surface area contributed by atoms with Crippen LogP contribution in [0.2, 0.25) is 0 Å². The van der Waals surface area contributed by atoms with Gasteiger partial charge in [0.1, 0.15) is 0 Å². The molecular weight excluding hydrogens is 346 g/mol. The van der Waals surface area contributed by atoms with Crippen LogP contribution in [-0.4, -0.2) is 57.2 Å². The lowest BCUT2D eigenvalue weighted by Gasteiger charge is -2.47. The van der Waals surface area contributed by atoms with Gasteiger partial charge in [-0.3, -0.25) is 14.6 Å². The van der Waals surface area contributed by atoms with Crippen LogP contribution in [0.25, 0.3) is 0 Å². The van der Waals surface area contributed by atoms with E-state index in [0.717, 1.165) is 50.3 Å². The molecule has 2 aliphatic heterocycles. The lowest BCUT2D eigenvalue weighted by molar-refractivity contribution is -0.142. The fraction of sp³-hybridized carbons (Fsp3) is 0.650. The van der Waals surface area contributed by atoms with Crippen molar-refractivity contribution in [2.45, 2.75) is 51.3 Å². The molecule has 1 aromatic rings. The number of amides is 2. The van der Waals surface area contributed by atoms with Crippen LogP contribution in [0, 0.1) is 5.41 Å². The first kappa shape index (κ1) is 19.2. The molecule has 5 nitrogen and oxygen atoms in total. The van der Waals surface area contributed by atoms with Crippen LogP contribution in [0.3, 0.4) is 0 Å². The molecule has 0 aromatic carbocycles. The summed E-state index contributed by atoms with van der Waals surface area (Å²) in [6, 6.07) is 5.84. The Morgan fingerprint density at radius 2 is 2.08 bits per heavy atom. The van der Waals surface area contributed by atoms with Crippen molar-refractivity contribution in [2.24, 2.45) is 5.41 Å². The van der Waals surface area contributed by atoms with Gasteiger partial charge in [0.15, 0.2) is 0 Å². The molecule has 2 aliphatic rings. The lowest BCUT2D eigenvalue weighted by atomic mass is 9.72. The predicted octanol–water partition coefficient (Wildman–Crippen LogP) is 2.95. The Hall–Kier alpha value is -1.56. The molecule has 3 heterocycles. The number of carbonyl (C=O) groups is 2. The van der Waals surface area contributed by atoms with Crippen molar-refractivity contribution in [3.05, 3.63) is 30.1 Å². The van der Waals surface area contributed by atoms with E-state index in [1.54, 1.807) is 18.0 Å². The molecule has 1 atom stereocenters. The van der Waals surface area contributed by atoms with E-state index in [9.17, 15) is 9.59 Å². The average molecular weight is 376 g/mol. The third kappa shape index (κ3) is 4.40. The number of carbonyl (C=O) groups excluding carboxylic acids is 2. The van der Waals surface area contributed by atoms with Crippen molar-refractivity contribution in [3.8, 4) is 0 Å². The Labute approximate surface area is 160 Å². The van der Waals surface area contributed by atoms with E-state index in [4.69, 9.17) is 0 Å². The van der Waals surface area contributed by atoms with Crippen LogP contribution in [0.5, 0.6) is 0 Å². The Morgan fingerprint density at radius 1 is 1.31 bits per heavy atom. The van der Waals surface area contributed by atoms with Crippen molar-refractivity contribution >= 4 is 23.6 Å². The first-order valence-corrected chi connectivity index (χ1v) is 10.7. The van der Waals surface area contributed by atoms with Crippen LogP contribution in [0.15, 0.2) is 24.4 Å². The van der Waals surface area contributed by atoms with Crippen molar-refractivity contribution in [2.75, 3.05) is 25.4 Å². The Morgan fingerprint density at radius 3 is 2.73 bits per heavy atom. The second-order valence-electron chi connectivity index (χ2n) is 7.49. The quantitative estimate of drug-likeness (QED) is 0.794. The molecule has 1 spiro atoms. The smallest absolute Gasteiger partial charge is 0.235 e. The topological polar surface area (TPSA) is 53.5 Å². The molecule has 6 heteroatoms. The highest BCUT2D eigenvalue weighted by Crippen LogP contribution is 2.40. The Kier molecular flexibility index (Phi) is 6.22. The summed E-state index contributed by atoms with van der Waals surface area (Å²) in [6.07, 6.45) is 5.33. The van der Waals surface area contributed by atoms with Crippen LogP contribution in [0.1, 0.15) is 45.2 Å². The Bertz CT molecular complexity index is 629. The maximum Gasteiger partial charge on any atom is 0.235 e. The van der Waals surface area contributed by atoms with Crippen molar-refractivity contribution in [3.63, 3.8) is 0 Å². The van der Waals surface area contributed by atoms with Gasteiger partial charge in [0.25, 0.3) is 0 Å². The first-order valence-electron chi connectivity index (χ1n) is 9.61. The number of likely N-dealkylation sites (tertiary alicyclic amines) is 2. The summed E-state index contributed by atoms with van der Waals surface area (Å²) in [7, 11) is 0. The van der Waals surface area contributed by atoms with E-state index in [-0.39, 0.29) is 22.5 Å². The van der Waals surface area contributed by atoms with Gasteiger partial charge in [-0.25, -0.2) is 0 Å². The molecule has 0 N–H and O–H groups in total. The number of nitrogens with zero attached hydrogens (tertiary/aromatic N) is 3. The number of piperidine rings is 2. The number of thioether (sulfide) groups is 1. The van der Waals surface area contributed by atoms with E-state index in [2.05, 4.69) is 11.9 Å². The van der Waals surface area contributed by atoms with E-state index in [0.29, 0.717) is 13.0 Å². The van der Waals surface area contributed by atoms with E-state index in [1.807, 2.05) is 34.9 Å². The number of pyridine rings is 1. The van der Waals surface area contributed by atoms with Gasteiger partial charge in [0, 0.05) is 32.3 Å². The molecule has 26 heavy (non-hydrogen) atoms. The third-order valence-electron chi connectivity index (χ3n) is 5.73. The van der Waals surface area contributed by atoms with Crippen molar-refractivity contribution in [1.82, 2.24) is 14.8 Å². The normalized spacial score (nSPS) is 21.1.